The van der Waals surface area contributed by atoms with E-state index >= 15 is 0 Å². The van der Waals surface area contributed by atoms with E-state index in [1.165, 1.54) is 25.1 Å². The highest BCUT2D eigenvalue weighted by Gasteiger charge is 2.29. The zero-order valence-electron chi connectivity index (χ0n) is 15.1. The fourth-order valence-electron chi connectivity index (χ4n) is 2.26. The van der Waals surface area contributed by atoms with Crippen molar-refractivity contribution in [2.75, 3.05) is 20.8 Å². The summed E-state index contributed by atoms with van der Waals surface area (Å²) >= 11 is 5.85. The number of hydrogen-bond acceptors (Lipinski definition) is 6. The fraction of sp³-hybridized carbons (Fsp3) is 0.353. The van der Waals surface area contributed by atoms with Gasteiger partial charge in [-0.2, -0.15) is 13.2 Å². The average molecular weight is 421 g/mol. The van der Waals surface area contributed by atoms with E-state index in [9.17, 15) is 22.8 Å². The number of carbonyl (C=O) groups excluding carboxylic acids is 2. The molecule has 2 aromatic heterocycles. The summed E-state index contributed by atoms with van der Waals surface area (Å²) in [5.41, 5.74) is 0.289. The van der Waals surface area contributed by atoms with Gasteiger partial charge in [0.2, 0.25) is 5.88 Å². The number of aromatic nitrogens is 1. The van der Waals surface area contributed by atoms with E-state index in [1.54, 1.807) is 6.92 Å². The molecule has 0 unspecified atom stereocenters. The first kappa shape index (κ1) is 21.5. The lowest BCUT2D eigenvalue weighted by atomic mass is 10.2. The van der Waals surface area contributed by atoms with Gasteiger partial charge in [0.15, 0.2) is 6.61 Å². The lowest BCUT2D eigenvalue weighted by Crippen LogP contribution is -2.26. The summed E-state index contributed by atoms with van der Waals surface area (Å²) in [5.74, 6) is -0.809. The van der Waals surface area contributed by atoms with Crippen molar-refractivity contribution < 1.29 is 36.7 Å². The third-order valence-corrected chi connectivity index (χ3v) is 3.81. The Morgan fingerprint density at radius 1 is 1.32 bits per heavy atom. The summed E-state index contributed by atoms with van der Waals surface area (Å²) in [4.78, 5) is 29.0. The van der Waals surface area contributed by atoms with Crippen LogP contribution in [-0.4, -0.2) is 48.7 Å². The van der Waals surface area contributed by atoms with E-state index in [0.29, 0.717) is 11.5 Å². The van der Waals surface area contributed by atoms with Gasteiger partial charge in [-0.15, -0.1) is 0 Å². The number of esters is 1. The number of pyridine rings is 1. The number of rotatable bonds is 6. The van der Waals surface area contributed by atoms with Gasteiger partial charge in [-0.1, -0.05) is 11.6 Å². The Kier molecular flexibility index (Phi) is 6.55. The number of halogens is 4. The molecule has 2 heterocycles. The van der Waals surface area contributed by atoms with Gasteiger partial charge in [0.25, 0.3) is 5.91 Å². The van der Waals surface area contributed by atoms with Crippen LogP contribution < -0.4 is 4.74 Å². The summed E-state index contributed by atoms with van der Waals surface area (Å²) in [6.45, 7) is 0.0643. The molecule has 2 aromatic rings. The minimum Gasteiger partial charge on any atom is -0.467 e. The lowest BCUT2D eigenvalue weighted by Gasteiger charge is -2.16. The van der Waals surface area contributed by atoms with Gasteiger partial charge in [0.05, 0.1) is 19.2 Å². The smallest absolute Gasteiger partial charge is 0.422 e. The van der Waals surface area contributed by atoms with Crippen LogP contribution in [0.4, 0.5) is 13.2 Å². The van der Waals surface area contributed by atoms with Crippen LogP contribution in [0.15, 0.2) is 22.7 Å². The third kappa shape index (κ3) is 5.38. The summed E-state index contributed by atoms with van der Waals surface area (Å²) < 4.78 is 51.2. The van der Waals surface area contributed by atoms with E-state index in [2.05, 4.69) is 14.5 Å². The fourth-order valence-corrected chi connectivity index (χ4v) is 2.48. The third-order valence-electron chi connectivity index (χ3n) is 3.54. The number of alkyl halides is 3. The van der Waals surface area contributed by atoms with Gasteiger partial charge >= 0.3 is 12.1 Å². The van der Waals surface area contributed by atoms with Gasteiger partial charge < -0.3 is 18.8 Å². The minimum absolute atomic E-state index is 0.0284. The van der Waals surface area contributed by atoms with Crippen molar-refractivity contribution in [2.24, 2.45) is 0 Å². The highest BCUT2D eigenvalue weighted by Crippen LogP contribution is 2.26. The maximum Gasteiger partial charge on any atom is 0.422 e. The molecule has 0 aromatic carbocycles. The van der Waals surface area contributed by atoms with Crippen LogP contribution in [0.1, 0.15) is 32.2 Å². The van der Waals surface area contributed by atoms with Crippen molar-refractivity contribution in [1.29, 1.82) is 0 Å². The average Bonchev–Trinajstić information content (AvgIpc) is 2.98. The van der Waals surface area contributed by atoms with Crippen LogP contribution in [0.2, 0.25) is 5.02 Å². The second kappa shape index (κ2) is 8.51. The first-order chi connectivity index (χ1) is 13.0. The molecule has 0 bridgehead atoms. The number of carbonyl (C=O) groups is 2. The molecule has 0 atom stereocenters. The number of hydrogen-bond donors (Lipinski definition) is 0. The second-order valence-corrected chi connectivity index (χ2v) is 6.16. The Morgan fingerprint density at radius 3 is 2.57 bits per heavy atom. The van der Waals surface area contributed by atoms with E-state index in [-0.39, 0.29) is 22.7 Å². The van der Waals surface area contributed by atoms with Crippen LogP contribution >= 0.6 is 11.6 Å². The Labute approximate surface area is 163 Å². The maximum absolute atomic E-state index is 12.5. The van der Waals surface area contributed by atoms with Gasteiger partial charge in [0, 0.05) is 13.2 Å². The molecule has 28 heavy (non-hydrogen) atoms. The van der Waals surface area contributed by atoms with Crippen LogP contribution in [-0.2, 0) is 11.3 Å². The van der Waals surface area contributed by atoms with Gasteiger partial charge in [-0.05, 0) is 19.1 Å². The molecule has 7 nitrogen and oxygen atoms in total. The predicted molar refractivity (Wildman–Crippen MR) is 91.4 cm³/mol. The summed E-state index contributed by atoms with van der Waals surface area (Å²) in [6, 6.07) is 2.62. The number of aryl methyl sites for hydroxylation is 1. The van der Waals surface area contributed by atoms with Crippen LogP contribution in [0, 0.1) is 6.92 Å². The van der Waals surface area contributed by atoms with Crippen molar-refractivity contribution in [3.8, 4) is 5.88 Å². The Balaban J connectivity index is 2.09. The Hall–Kier alpha value is -2.75. The lowest BCUT2D eigenvalue weighted by molar-refractivity contribution is -0.154. The zero-order chi connectivity index (χ0) is 21.1. The second-order valence-electron chi connectivity index (χ2n) is 5.75. The van der Waals surface area contributed by atoms with E-state index < -0.39 is 30.5 Å². The number of ether oxygens (including phenoxy) is 2. The molecule has 11 heteroatoms. The largest absolute Gasteiger partial charge is 0.467 e. The topological polar surface area (TPSA) is 81.9 Å². The number of furan rings is 1. The molecule has 0 radical (unpaired) electrons. The molecule has 0 N–H and O–H groups in total. The predicted octanol–water partition coefficient (Wildman–Crippen LogP) is 3.64. The Bertz CT molecular complexity index is 882. The number of nitrogens with zero attached hydrogens (tertiary/aromatic N) is 2. The molecule has 1 amide bonds. The number of methoxy groups -OCH3 is 1. The molecule has 0 fully saturated rings. The Morgan fingerprint density at radius 2 is 2.00 bits per heavy atom. The summed E-state index contributed by atoms with van der Waals surface area (Å²) in [7, 11) is 2.71. The number of amides is 1. The molecule has 0 saturated carbocycles. The SMILES string of the molecule is COC(=O)c1cc(CN(C)C(=O)c2cnc(OCC(F)(F)F)c(Cl)c2)oc1C. The molecule has 0 saturated heterocycles. The molecule has 0 spiro atoms. The van der Waals surface area contributed by atoms with E-state index in [4.69, 9.17) is 16.0 Å². The standard InChI is InChI=1S/C17H16ClF3N2O5/c1-9-12(16(25)26-3)5-11(28-9)7-23(2)15(24)10-4-13(18)14(22-6-10)27-8-17(19,20)21/h4-6H,7-8H2,1-3H3. The monoisotopic (exact) mass is 420 g/mol. The highest BCUT2D eigenvalue weighted by atomic mass is 35.5. The first-order valence-electron chi connectivity index (χ1n) is 7.80. The van der Waals surface area contributed by atoms with E-state index in [1.807, 2.05) is 0 Å². The molecular weight excluding hydrogens is 405 g/mol. The molecule has 0 aliphatic rings. The minimum atomic E-state index is -4.54. The van der Waals surface area contributed by atoms with Crippen LogP contribution in [0.25, 0.3) is 0 Å². The normalized spacial score (nSPS) is 11.2. The molecule has 0 aliphatic heterocycles. The first-order valence-corrected chi connectivity index (χ1v) is 8.17. The van der Waals surface area contributed by atoms with Gasteiger partial charge in [0.1, 0.15) is 22.1 Å². The molecule has 2 rings (SSSR count). The van der Waals surface area contributed by atoms with Crippen molar-refractivity contribution in [1.82, 2.24) is 9.88 Å². The summed E-state index contributed by atoms with van der Waals surface area (Å²) in [6.07, 6.45) is -3.48. The quantitative estimate of drug-likeness (QED) is 0.664. The van der Waals surface area contributed by atoms with Gasteiger partial charge in [-0.3, -0.25) is 4.79 Å². The van der Waals surface area contributed by atoms with Gasteiger partial charge in [-0.25, -0.2) is 9.78 Å². The highest BCUT2D eigenvalue weighted by molar-refractivity contribution is 6.32. The van der Waals surface area contributed by atoms with Crippen LogP contribution in [0.3, 0.4) is 0 Å². The van der Waals surface area contributed by atoms with Crippen molar-refractivity contribution in [3.63, 3.8) is 0 Å². The van der Waals surface area contributed by atoms with E-state index in [0.717, 1.165) is 12.3 Å². The van der Waals surface area contributed by atoms with Crippen molar-refractivity contribution in [2.45, 2.75) is 19.6 Å². The zero-order valence-corrected chi connectivity index (χ0v) is 15.8. The summed E-state index contributed by atoms with van der Waals surface area (Å²) in [5, 5.41) is -0.231. The molecule has 152 valence electrons. The van der Waals surface area contributed by atoms with Crippen LogP contribution in [0.5, 0.6) is 5.88 Å². The molecule has 0 aliphatic carbocycles. The van der Waals surface area contributed by atoms with Crippen molar-refractivity contribution >= 4 is 23.5 Å². The van der Waals surface area contributed by atoms with Crippen molar-refractivity contribution in [3.05, 3.63) is 46.0 Å². The molecular formula is C17H16ClF3N2O5. The maximum atomic E-state index is 12.5.